The lowest BCUT2D eigenvalue weighted by molar-refractivity contribution is 0.0929. The van der Waals surface area contributed by atoms with E-state index in [0.29, 0.717) is 30.2 Å². The van der Waals surface area contributed by atoms with Crippen LogP contribution in [-0.4, -0.2) is 32.3 Å². The summed E-state index contributed by atoms with van der Waals surface area (Å²) in [6.07, 6.45) is 0.767. The van der Waals surface area contributed by atoms with Crippen molar-refractivity contribution >= 4 is 11.6 Å². The first-order chi connectivity index (χ1) is 9.06. The van der Waals surface area contributed by atoms with Crippen LogP contribution in [0.15, 0.2) is 18.2 Å². The molecule has 1 atom stereocenters. The van der Waals surface area contributed by atoms with E-state index in [1.54, 1.807) is 25.3 Å². The van der Waals surface area contributed by atoms with E-state index >= 15 is 0 Å². The zero-order chi connectivity index (χ0) is 14.3. The Balaban J connectivity index is 2.70. The lowest BCUT2D eigenvalue weighted by atomic mass is 10.1. The molecule has 0 aromatic heterocycles. The average molecular weight is 266 g/mol. The highest BCUT2D eigenvalue weighted by molar-refractivity contribution is 5.95. The number of hydrogen-bond donors (Lipinski definition) is 2. The molecule has 1 aromatic carbocycles. The first kappa shape index (κ1) is 15.3. The molecular formula is C14H22N2O3. The predicted molar refractivity (Wildman–Crippen MR) is 75.4 cm³/mol. The molecule has 0 spiro atoms. The summed E-state index contributed by atoms with van der Waals surface area (Å²) in [4.78, 5) is 12.1. The average Bonchev–Trinajstić information content (AvgIpc) is 2.36. The van der Waals surface area contributed by atoms with Gasteiger partial charge in [-0.3, -0.25) is 4.79 Å². The molecule has 1 aromatic rings. The van der Waals surface area contributed by atoms with Crippen LogP contribution in [0.25, 0.3) is 0 Å². The normalized spacial score (nSPS) is 11.9. The van der Waals surface area contributed by atoms with Crippen LogP contribution in [0.5, 0.6) is 5.75 Å². The molecule has 106 valence electrons. The molecule has 1 rings (SSSR count). The number of nitrogen functional groups attached to an aromatic ring is 1. The monoisotopic (exact) mass is 266 g/mol. The highest BCUT2D eigenvalue weighted by Gasteiger charge is 2.11. The van der Waals surface area contributed by atoms with E-state index < -0.39 is 0 Å². The molecule has 1 unspecified atom stereocenters. The lowest BCUT2D eigenvalue weighted by Crippen LogP contribution is -2.33. The third-order valence-electron chi connectivity index (χ3n) is 2.63. The second kappa shape index (κ2) is 7.63. The van der Waals surface area contributed by atoms with E-state index in [1.165, 1.54) is 0 Å². The van der Waals surface area contributed by atoms with Crippen LogP contribution in [-0.2, 0) is 4.74 Å². The SMILES string of the molecule is CCOc1cc(N)cc(C(=O)NC(C)CCOC)c1. The fourth-order valence-corrected chi connectivity index (χ4v) is 1.68. The molecule has 5 nitrogen and oxygen atoms in total. The van der Waals surface area contributed by atoms with E-state index in [1.807, 2.05) is 13.8 Å². The van der Waals surface area contributed by atoms with Gasteiger partial charge in [-0.25, -0.2) is 0 Å². The Morgan fingerprint density at radius 1 is 1.42 bits per heavy atom. The van der Waals surface area contributed by atoms with Crippen LogP contribution in [0.3, 0.4) is 0 Å². The molecule has 0 bridgehead atoms. The molecule has 0 fully saturated rings. The maximum atomic E-state index is 12.1. The van der Waals surface area contributed by atoms with E-state index in [-0.39, 0.29) is 11.9 Å². The highest BCUT2D eigenvalue weighted by atomic mass is 16.5. The Morgan fingerprint density at radius 3 is 2.79 bits per heavy atom. The van der Waals surface area contributed by atoms with Crippen LogP contribution in [0.4, 0.5) is 5.69 Å². The number of carbonyl (C=O) groups is 1. The number of rotatable bonds is 7. The predicted octanol–water partition coefficient (Wildman–Crippen LogP) is 1.82. The van der Waals surface area contributed by atoms with Gasteiger partial charge >= 0.3 is 0 Å². The third kappa shape index (κ3) is 5.18. The second-order valence-corrected chi connectivity index (χ2v) is 4.38. The topological polar surface area (TPSA) is 73.6 Å². The fraction of sp³-hybridized carbons (Fsp3) is 0.500. The van der Waals surface area contributed by atoms with Gasteiger partial charge in [-0.2, -0.15) is 0 Å². The molecule has 0 aliphatic heterocycles. The van der Waals surface area contributed by atoms with E-state index in [4.69, 9.17) is 15.2 Å². The lowest BCUT2D eigenvalue weighted by Gasteiger charge is -2.14. The smallest absolute Gasteiger partial charge is 0.251 e. The van der Waals surface area contributed by atoms with Crippen LogP contribution >= 0.6 is 0 Å². The van der Waals surface area contributed by atoms with E-state index in [0.717, 1.165) is 6.42 Å². The van der Waals surface area contributed by atoms with Crippen molar-refractivity contribution < 1.29 is 14.3 Å². The van der Waals surface area contributed by atoms with Crippen molar-refractivity contribution in [3.8, 4) is 5.75 Å². The number of ether oxygens (including phenoxy) is 2. The van der Waals surface area contributed by atoms with Crippen molar-refractivity contribution in [1.82, 2.24) is 5.32 Å². The van der Waals surface area contributed by atoms with Crippen LogP contribution in [0.1, 0.15) is 30.6 Å². The minimum Gasteiger partial charge on any atom is -0.494 e. The summed E-state index contributed by atoms with van der Waals surface area (Å²) in [6.45, 7) is 4.97. The van der Waals surface area contributed by atoms with Crippen LogP contribution < -0.4 is 15.8 Å². The zero-order valence-corrected chi connectivity index (χ0v) is 11.7. The summed E-state index contributed by atoms with van der Waals surface area (Å²) in [5.41, 5.74) is 6.78. The summed E-state index contributed by atoms with van der Waals surface area (Å²) < 4.78 is 10.3. The van der Waals surface area contributed by atoms with Crippen molar-refractivity contribution in [3.05, 3.63) is 23.8 Å². The molecule has 0 saturated carbocycles. The molecule has 0 saturated heterocycles. The van der Waals surface area contributed by atoms with Crippen molar-refractivity contribution in [2.45, 2.75) is 26.3 Å². The largest absolute Gasteiger partial charge is 0.494 e. The molecule has 3 N–H and O–H groups in total. The van der Waals surface area contributed by atoms with Gasteiger partial charge in [0.25, 0.3) is 5.91 Å². The van der Waals surface area contributed by atoms with Gasteiger partial charge in [0.15, 0.2) is 0 Å². The quantitative estimate of drug-likeness (QED) is 0.738. The summed E-state index contributed by atoms with van der Waals surface area (Å²) in [7, 11) is 1.64. The number of carbonyl (C=O) groups excluding carboxylic acids is 1. The van der Waals surface area contributed by atoms with Gasteiger partial charge in [0.1, 0.15) is 5.75 Å². The van der Waals surface area contributed by atoms with Crippen LogP contribution in [0.2, 0.25) is 0 Å². The molecule has 0 radical (unpaired) electrons. The van der Waals surface area contributed by atoms with Gasteiger partial charge in [-0.15, -0.1) is 0 Å². The van der Waals surface area contributed by atoms with Crippen molar-refractivity contribution in [2.75, 3.05) is 26.1 Å². The van der Waals surface area contributed by atoms with Gasteiger partial charge in [-0.05, 0) is 32.4 Å². The number of methoxy groups -OCH3 is 1. The van der Waals surface area contributed by atoms with Gasteiger partial charge in [0.05, 0.1) is 6.61 Å². The summed E-state index contributed by atoms with van der Waals surface area (Å²) >= 11 is 0. The third-order valence-corrected chi connectivity index (χ3v) is 2.63. The second-order valence-electron chi connectivity index (χ2n) is 4.38. The number of anilines is 1. The first-order valence-electron chi connectivity index (χ1n) is 6.40. The minimum atomic E-state index is -0.156. The van der Waals surface area contributed by atoms with E-state index in [2.05, 4.69) is 5.32 Å². The Hall–Kier alpha value is -1.75. The molecule has 19 heavy (non-hydrogen) atoms. The zero-order valence-electron chi connectivity index (χ0n) is 11.7. The Labute approximate surface area is 114 Å². The number of benzene rings is 1. The highest BCUT2D eigenvalue weighted by Crippen LogP contribution is 2.19. The van der Waals surface area contributed by atoms with Gasteiger partial charge in [0.2, 0.25) is 0 Å². The van der Waals surface area contributed by atoms with Gasteiger partial charge in [0, 0.05) is 37.1 Å². The number of amides is 1. The summed E-state index contributed by atoms with van der Waals surface area (Å²) in [5, 5.41) is 2.90. The van der Waals surface area contributed by atoms with Crippen molar-refractivity contribution in [3.63, 3.8) is 0 Å². The maximum absolute atomic E-state index is 12.1. The number of nitrogens with two attached hydrogens (primary N) is 1. The summed E-state index contributed by atoms with van der Waals surface area (Å²) in [6, 6.07) is 5.08. The number of nitrogens with one attached hydrogen (secondary N) is 1. The molecular weight excluding hydrogens is 244 g/mol. The first-order valence-corrected chi connectivity index (χ1v) is 6.40. The number of hydrogen-bond acceptors (Lipinski definition) is 4. The Bertz CT molecular complexity index is 421. The Kier molecular flexibility index (Phi) is 6.15. The molecule has 0 heterocycles. The summed E-state index contributed by atoms with van der Waals surface area (Å²) in [5.74, 6) is 0.453. The molecule has 0 aliphatic carbocycles. The maximum Gasteiger partial charge on any atom is 0.251 e. The minimum absolute atomic E-state index is 0.0458. The van der Waals surface area contributed by atoms with Crippen molar-refractivity contribution in [1.29, 1.82) is 0 Å². The van der Waals surface area contributed by atoms with Crippen molar-refractivity contribution in [2.24, 2.45) is 0 Å². The fourth-order valence-electron chi connectivity index (χ4n) is 1.68. The van der Waals surface area contributed by atoms with E-state index in [9.17, 15) is 4.79 Å². The van der Waals surface area contributed by atoms with Gasteiger partial charge in [-0.1, -0.05) is 0 Å². The molecule has 0 aliphatic rings. The molecule has 1 amide bonds. The molecule has 5 heteroatoms. The Morgan fingerprint density at radius 2 is 2.16 bits per heavy atom. The van der Waals surface area contributed by atoms with Crippen LogP contribution in [0, 0.1) is 0 Å². The van der Waals surface area contributed by atoms with Gasteiger partial charge < -0.3 is 20.5 Å². The standard InChI is InChI=1S/C14H22N2O3/c1-4-19-13-8-11(7-12(15)9-13)14(17)16-10(2)5-6-18-3/h7-10H,4-6,15H2,1-3H3,(H,16,17).